The van der Waals surface area contributed by atoms with Crippen LogP contribution in [0.3, 0.4) is 0 Å². The van der Waals surface area contributed by atoms with Gasteiger partial charge in [-0.05, 0) is 30.4 Å². The van der Waals surface area contributed by atoms with Crippen molar-refractivity contribution in [1.82, 2.24) is 9.97 Å². The fourth-order valence-electron chi connectivity index (χ4n) is 4.47. The number of benzene rings is 2. The van der Waals surface area contributed by atoms with Crippen LogP contribution < -0.4 is 20.3 Å². The zero-order valence-corrected chi connectivity index (χ0v) is 17.2. The number of rotatable bonds is 3. The molecule has 3 heterocycles. The topological polar surface area (TPSA) is 67.5 Å². The number of methoxy groups -OCH3 is 1. The first-order valence-electron chi connectivity index (χ1n) is 10.0. The molecular weight excluding hydrogens is 386 g/mol. The SMILES string of the molecule is COc1nc2c(c(N3CCC(N)C3)n1)CCN(c1cccc3cccc(Cl)c13)C2. The average Bonchev–Trinajstić information content (AvgIpc) is 3.18. The fraction of sp³-hybridized carbons (Fsp3) is 0.364. The number of anilines is 2. The number of fused-ring (bicyclic) bond motifs is 2. The Balaban J connectivity index is 1.55. The molecule has 3 aromatic rings. The maximum Gasteiger partial charge on any atom is 0.318 e. The number of aromatic nitrogens is 2. The minimum absolute atomic E-state index is 0.199. The lowest BCUT2D eigenvalue weighted by molar-refractivity contribution is 0.376. The second kappa shape index (κ2) is 7.35. The Morgan fingerprint density at radius 2 is 1.93 bits per heavy atom. The van der Waals surface area contributed by atoms with Crippen molar-refractivity contribution < 1.29 is 4.74 Å². The smallest absolute Gasteiger partial charge is 0.318 e. The first-order chi connectivity index (χ1) is 14.1. The third kappa shape index (κ3) is 3.26. The zero-order valence-electron chi connectivity index (χ0n) is 16.4. The van der Waals surface area contributed by atoms with Crippen LogP contribution in [0.5, 0.6) is 6.01 Å². The highest BCUT2D eigenvalue weighted by atomic mass is 35.5. The number of hydrogen-bond acceptors (Lipinski definition) is 6. The quantitative estimate of drug-likeness (QED) is 0.715. The summed E-state index contributed by atoms with van der Waals surface area (Å²) in [5.41, 5.74) is 9.50. The van der Waals surface area contributed by atoms with E-state index in [-0.39, 0.29) is 6.04 Å². The molecular formula is C22H24ClN5O. The first-order valence-corrected chi connectivity index (χ1v) is 10.4. The Morgan fingerprint density at radius 1 is 1.10 bits per heavy atom. The summed E-state index contributed by atoms with van der Waals surface area (Å²) >= 11 is 6.56. The molecule has 0 saturated carbocycles. The average molecular weight is 410 g/mol. The Labute approximate surface area is 175 Å². The van der Waals surface area contributed by atoms with E-state index in [9.17, 15) is 0 Å². The van der Waals surface area contributed by atoms with Crippen LogP contribution in [0, 0.1) is 0 Å². The molecule has 5 rings (SSSR count). The van der Waals surface area contributed by atoms with Crippen molar-refractivity contribution >= 4 is 33.9 Å². The molecule has 1 unspecified atom stereocenters. The van der Waals surface area contributed by atoms with Crippen LogP contribution in [0.25, 0.3) is 10.8 Å². The van der Waals surface area contributed by atoms with E-state index >= 15 is 0 Å². The first kappa shape index (κ1) is 18.5. The Hall–Kier alpha value is -2.57. The molecule has 1 aromatic heterocycles. The van der Waals surface area contributed by atoms with E-state index in [0.29, 0.717) is 12.6 Å². The van der Waals surface area contributed by atoms with Gasteiger partial charge in [-0.3, -0.25) is 0 Å². The van der Waals surface area contributed by atoms with Crippen LogP contribution in [-0.2, 0) is 13.0 Å². The molecule has 7 heteroatoms. The Kier molecular flexibility index (Phi) is 4.68. The maximum absolute atomic E-state index is 6.56. The lowest BCUT2D eigenvalue weighted by atomic mass is 10.0. The van der Waals surface area contributed by atoms with Gasteiger partial charge in [-0.15, -0.1) is 0 Å². The van der Waals surface area contributed by atoms with Crippen LogP contribution in [-0.4, -0.2) is 42.8 Å². The van der Waals surface area contributed by atoms with E-state index in [2.05, 4.69) is 39.0 Å². The summed E-state index contributed by atoms with van der Waals surface area (Å²) < 4.78 is 5.42. The molecule has 2 aliphatic rings. The number of nitrogens with zero attached hydrogens (tertiary/aromatic N) is 4. The molecule has 1 saturated heterocycles. The monoisotopic (exact) mass is 409 g/mol. The highest BCUT2D eigenvalue weighted by Crippen LogP contribution is 2.37. The lowest BCUT2D eigenvalue weighted by Gasteiger charge is -2.33. The van der Waals surface area contributed by atoms with Crippen molar-refractivity contribution in [2.45, 2.75) is 25.4 Å². The van der Waals surface area contributed by atoms with Gasteiger partial charge in [0, 0.05) is 42.3 Å². The van der Waals surface area contributed by atoms with Gasteiger partial charge in [-0.1, -0.05) is 35.9 Å². The number of ether oxygens (including phenoxy) is 1. The highest BCUT2D eigenvalue weighted by Gasteiger charge is 2.29. The Bertz CT molecular complexity index is 1070. The van der Waals surface area contributed by atoms with E-state index in [1.165, 1.54) is 5.56 Å². The van der Waals surface area contributed by atoms with Gasteiger partial charge in [0.2, 0.25) is 0 Å². The molecule has 1 fully saturated rings. The van der Waals surface area contributed by atoms with Crippen LogP contribution in [0.1, 0.15) is 17.7 Å². The van der Waals surface area contributed by atoms with Crippen molar-refractivity contribution in [2.75, 3.05) is 36.5 Å². The van der Waals surface area contributed by atoms with E-state index in [4.69, 9.17) is 27.1 Å². The van der Waals surface area contributed by atoms with Gasteiger partial charge < -0.3 is 20.3 Å². The summed E-state index contributed by atoms with van der Waals surface area (Å²) in [4.78, 5) is 14.0. The largest absolute Gasteiger partial charge is 0.467 e. The maximum atomic E-state index is 6.56. The van der Waals surface area contributed by atoms with E-state index in [1.807, 2.05) is 12.1 Å². The Morgan fingerprint density at radius 3 is 2.69 bits per heavy atom. The standard InChI is InChI=1S/C22H24ClN5O/c1-29-22-25-18-13-27(19-7-3-5-14-4-2-6-17(23)20(14)19)11-9-16(18)21(26-22)28-10-8-15(24)12-28/h2-7,15H,8-13,24H2,1H3. The van der Waals surface area contributed by atoms with Crippen molar-refractivity contribution in [3.63, 3.8) is 0 Å². The fourth-order valence-corrected chi connectivity index (χ4v) is 4.75. The molecule has 2 aromatic carbocycles. The minimum atomic E-state index is 0.199. The zero-order chi connectivity index (χ0) is 20.0. The second-order valence-electron chi connectivity index (χ2n) is 7.74. The number of hydrogen-bond donors (Lipinski definition) is 1. The third-order valence-electron chi connectivity index (χ3n) is 5.90. The summed E-state index contributed by atoms with van der Waals surface area (Å²) in [5, 5.41) is 3.01. The van der Waals surface area contributed by atoms with E-state index in [0.717, 1.165) is 65.5 Å². The van der Waals surface area contributed by atoms with Gasteiger partial charge in [0.25, 0.3) is 0 Å². The van der Waals surface area contributed by atoms with Gasteiger partial charge in [0.05, 0.1) is 24.4 Å². The van der Waals surface area contributed by atoms with Gasteiger partial charge in [-0.2, -0.15) is 9.97 Å². The minimum Gasteiger partial charge on any atom is -0.467 e. The van der Waals surface area contributed by atoms with Crippen molar-refractivity contribution in [2.24, 2.45) is 5.73 Å². The van der Waals surface area contributed by atoms with Crippen molar-refractivity contribution in [3.05, 3.63) is 52.7 Å². The van der Waals surface area contributed by atoms with Gasteiger partial charge in [0.1, 0.15) is 5.82 Å². The van der Waals surface area contributed by atoms with Gasteiger partial charge in [-0.25, -0.2) is 0 Å². The predicted octanol–water partition coefficient (Wildman–Crippen LogP) is 3.39. The summed E-state index contributed by atoms with van der Waals surface area (Å²) in [5.74, 6) is 0.982. The summed E-state index contributed by atoms with van der Waals surface area (Å²) in [6, 6.07) is 13.0. The number of halogens is 1. The molecule has 0 aliphatic carbocycles. The third-order valence-corrected chi connectivity index (χ3v) is 6.22. The summed E-state index contributed by atoms with van der Waals surface area (Å²) in [6.07, 6.45) is 1.86. The molecule has 2 aliphatic heterocycles. The molecule has 0 radical (unpaired) electrons. The summed E-state index contributed by atoms with van der Waals surface area (Å²) in [6.45, 7) is 3.34. The normalized spacial score (nSPS) is 18.9. The van der Waals surface area contributed by atoms with Crippen LogP contribution in [0.4, 0.5) is 11.5 Å². The van der Waals surface area contributed by atoms with E-state index in [1.54, 1.807) is 7.11 Å². The van der Waals surface area contributed by atoms with Crippen LogP contribution in [0.2, 0.25) is 5.02 Å². The second-order valence-corrected chi connectivity index (χ2v) is 8.15. The lowest BCUT2D eigenvalue weighted by Crippen LogP contribution is -2.34. The molecule has 2 N–H and O–H groups in total. The van der Waals surface area contributed by atoms with Gasteiger partial charge >= 0.3 is 6.01 Å². The molecule has 1 atom stereocenters. The molecule has 6 nitrogen and oxygen atoms in total. The molecule has 0 spiro atoms. The predicted molar refractivity (Wildman–Crippen MR) is 117 cm³/mol. The number of nitrogens with two attached hydrogens (primary N) is 1. The van der Waals surface area contributed by atoms with Gasteiger partial charge in [0.15, 0.2) is 0 Å². The summed E-state index contributed by atoms with van der Waals surface area (Å²) in [7, 11) is 1.62. The molecule has 29 heavy (non-hydrogen) atoms. The highest BCUT2D eigenvalue weighted by molar-refractivity contribution is 6.36. The molecule has 150 valence electrons. The molecule has 0 bridgehead atoms. The van der Waals surface area contributed by atoms with Crippen molar-refractivity contribution in [1.29, 1.82) is 0 Å². The van der Waals surface area contributed by atoms with Crippen LogP contribution >= 0.6 is 11.6 Å². The van der Waals surface area contributed by atoms with Crippen LogP contribution in [0.15, 0.2) is 36.4 Å². The molecule has 0 amide bonds. The van der Waals surface area contributed by atoms with Crippen molar-refractivity contribution in [3.8, 4) is 6.01 Å². The van der Waals surface area contributed by atoms with E-state index < -0.39 is 0 Å².